The summed E-state index contributed by atoms with van der Waals surface area (Å²) in [5, 5.41) is 4.92. The predicted octanol–water partition coefficient (Wildman–Crippen LogP) is 4.05. The van der Waals surface area contributed by atoms with Gasteiger partial charge in [0, 0.05) is 18.3 Å². The Morgan fingerprint density at radius 3 is 2.27 bits per heavy atom. The SMILES string of the molecule is CC(=O)Nc1ccc(OC(=O)Nc2ccc(F)c(Cl)c2)cc1. The topological polar surface area (TPSA) is 67.4 Å². The molecule has 7 heteroatoms. The first-order valence-electron chi connectivity index (χ1n) is 6.25. The van der Waals surface area contributed by atoms with Crippen molar-refractivity contribution in [3.63, 3.8) is 0 Å². The van der Waals surface area contributed by atoms with E-state index in [9.17, 15) is 14.0 Å². The number of carbonyl (C=O) groups excluding carboxylic acids is 2. The van der Waals surface area contributed by atoms with E-state index in [1.54, 1.807) is 12.1 Å². The molecule has 0 bridgehead atoms. The van der Waals surface area contributed by atoms with Crippen molar-refractivity contribution in [3.8, 4) is 5.75 Å². The standard InChI is InChI=1S/C15H12ClFN2O3/c1-9(20)18-10-2-5-12(6-3-10)22-15(21)19-11-4-7-14(17)13(16)8-11/h2-8H,1H3,(H,18,20)(H,19,21). The van der Waals surface area contributed by atoms with E-state index >= 15 is 0 Å². The molecule has 2 rings (SSSR count). The van der Waals surface area contributed by atoms with Gasteiger partial charge in [-0.1, -0.05) is 11.6 Å². The number of nitrogens with one attached hydrogen (secondary N) is 2. The van der Waals surface area contributed by atoms with Crippen LogP contribution in [0.3, 0.4) is 0 Å². The van der Waals surface area contributed by atoms with Crippen LogP contribution >= 0.6 is 11.6 Å². The van der Waals surface area contributed by atoms with Gasteiger partial charge >= 0.3 is 6.09 Å². The fraction of sp³-hybridized carbons (Fsp3) is 0.0667. The van der Waals surface area contributed by atoms with Gasteiger partial charge in [0.2, 0.25) is 5.91 Å². The van der Waals surface area contributed by atoms with Crippen molar-refractivity contribution in [1.29, 1.82) is 0 Å². The number of anilines is 2. The van der Waals surface area contributed by atoms with Gasteiger partial charge in [0.1, 0.15) is 11.6 Å². The molecular formula is C15H12ClFN2O3. The summed E-state index contributed by atoms with van der Waals surface area (Å²) in [6, 6.07) is 10.0. The van der Waals surface area contributed by atoms with Crippen molar-refractivity contribution in [2.45, 2.75) is 6.92 Å². The van der Waals surface area contributed by atoms with Crippen molar-refractivity contribution in [2.24, 2.45) is 0 Å². The Morgan fingerprint density at radius 1 is 1.05 bits per heavy atom. The van der Waals surface area contributed by atoms with Crippen LogP contribution in [0.1, 0.15) is 6.92 Å². The summed E-state index contributed by atoms with van der Waals surface area (Å²) in [5.41, 5.74) is 0.900. The van der Waals surface area contributed by atoms with E-state index in [4.69, 9.17) is 16.3 Å². The molecule has 2 aromatic rings. The first-order chi connectivity index (χ1) is 10.4. The lowest BCUT2D eigenvalue weighted by molar-refractivity contribution is -0.114. The maximum atomic E-state index is 13.0. The van der Waals surface area contributed by atoms with Gasteiger partial charge in [-0.05, 0) is 42.5 Å². The normalized spacial score (nSPS) is 9.95. The van der Waals surface area contributed by atoms with Crippen molar-refractivity contribution in [3.05, 3.63) is 53.3 Å². The lowest BCUT2D eigenvalue weighted by Gasteiger charge is -2.08. The second kappa shape index (κ2) is 6.91. The molecule has 5 nitrogen and oxygen atoms in total. The molecule has 114 valence electrons. The second-order valence-corrected chi connectivity index (χ2v) is 4.76. The minimum atomic E-state index is -0.741. The van der Waals surface area contributed by atoms with E-state index in [2.05, 4.69) is 10.6 Å². The van der Waals surface area contributed by atoms with Crippen LogP contribution in [0.5, 0.6) is 5.75 Å². The molecule has 0 fully saturated rings. The number of hydrogen-bond acceptors (Lipinski definition) is 3. The van der Waals surface area contributed by atoms with E-state index < -0.39 is 11.9 Å². The van der Waals surface area contributed by atoms with E-state index in [1.165, 1.54) is 31.2 Å². The summed E-state index contributed by atoms with van der Waals surface area (Å²) in [7, 11) is 0. The van der Waals surface area contributed by atoms with Gasteiger partial charge in [0.15, 0.2) is 0 Å². The zero-order valence-electron chi connectivity index (χ0n) is 11.5. The van der Waals surface area contributed by atoms with Crippen molar-refractivity contribution in [2.75, 3.05) is 10.6 Å². The number of hydrogen-bond donors (Lipinski definition) is 2. The first kappa shape index (κ1) is 15.8. The first-order valence-corrected chi connectivity index (χ1v) is 6.63. The van der Waals surface area contributed by atoms with E-state index in [0.29, 0.717) is 17.1 Å². The third kappa shape index (κ3) is 4.46. The number of rotatable bonds is 3. The lowest BCUT2D eigenvalue weighted by atomic mass is 10.3. The maximum absolute atomic E-state index is 13.0. The maximum Gasteiger partial charge on any atom is 0.417 e. The number of carbonyl (C=O) groups is 2. The van der Waals surface area contributed by atoms with Crippen LogP contribution in [0.25, 0.3) is 0 Å². The van der Waals surface area contributed by atoms with Crippen LogP contribution in [0.4, 0.5) is 20.6 Å². The van der Waals surface area contributed by atoms with Crippen LogP contribution in [0.2, 0.25) is 5.02 Å². The smallest absolute Gasteiger partial charge is 0.410 e. The lowest BCUT2D eigenvalue weighted by Crippen LogP contribution is -2.16. The zero-order valence-corrected chi connectivity index (χ0v) is 12.3. The zero-order chi connectivity index (χ0) is 16.1. The minimum Gasteiger partial charge on any atom is -0.410 e. The summed E-state index contributed by atoms with van der Waals surface area (Å²) in [5.74, 6) is -0.478. The van der Waals surface area contributed by atoms with E-state index in [1.807, 2.05) is 0 Å². The molecule has 0 aliphatic carbocycles. The van der Waals surface area contributed by atoms with Gasteiger partial charge in [-0.2, -0.15) is 0 Å². The molecule has 0 saturated carbocycles. The highest BCUT2D eigenvalue weighted by molar-refractivity contribution is 6.31. The van der Waals surface area contributed by atoms with Crippen molar-refractivity contribution >= 4 is 35.0 Å². The Balaban J connectivity index is 1.96. The predicted molar refractivity (Wildman–Crippen MR) is 81.8 cm³/mol. The summed E-state index contributed by atoms with van der Waals surface area (Å²) in [4.78, 5) is 22.6. The highest BCUT2D eigenvalue weighted by atomic mass is 35.5. The third-order valence-corrected chi connectivity index (χ3v) is 2.84. The molecule has 0 aliphatic heterocycles. The molecule has 0 saturated heterocycles. The summed E-state index contributed by atoms with van der Waals surface area (Å²) >= 11 is 5.61. The monoisotopic (exact) mass is 322 g/mol. The Bertz CT molecular complexity index is 704. The van der Waals surface area contributed by atoms with Gasteiger partial charge in [-0.3, -0.25) is 10.1 Å². The molecule has 2 amide bonds. The number of halogens is 2. The molecule has 2 N–H and O–H groups in total. The molecular weight excluding hydrogens is 311 g/mol. The number of ether oxygens (including phenoxy) is 1. The summed E-state index contributed by atoms with van der Waals surface area (Å²) < 4.78 is 18.1. The second-order valence-electron chi connectivity index (χ2n) is 4.35. The number of benzene rings is 2. The molecule has 0 unspecified atom stereocenters. The third-order valence-electron chi connectivity index (χ3n) is 2.55. The van der Waals surface area contributed by atoms with Gasteiger partial charge < -0.3 is 10.1 Å². The largest absolute Gasteiger partial charge is 0.417 e. The van der Waals surface area contributed by atoms with Gasteiger partial charge in [-0.25, -0.2) is 9.18 Å². The van der Waals surface area contributed by atoms with Gasteiger partial charge in [-0.15, -0.1) is 0 Å². The molecule has 0 heterocycles. The molecule has 0 aromatic heterocycles. The fourth-order valence-electron chi connectivity index (χ4n) is 1.63. The Labute approximate surface area is 131 Å². The molecule has 0 spiro atoms. The van der Waals surface area contributed by atoms with Crippen LogP contribution in [0.15, 0.2) is 42.5 Å². The average Bonchev–Trinajstić information content (AvgIpc) is 2.44. The van der Waals surface area contributed by atoms with Crippen molar-refractivity contribution < 1.29 is 18.7 Å². The fourth-order valence-corrected chi connectivity index (χ4v) is 1.81. The Hall–Kier alpha value is -2.60. The van der Waals surface area contributed by atoms with E-state index in [0.717, 1.165) is 6.07 Å². The van der Waals surface area contributed by atoms with Crippen LogP contribution < -0.4 is 15.4 Å². The molecule has 0 atom stereocenters. The van der Waals surface area contributed by atoms with E-state index in [-0.39, 0.29) is 10.9 Å². The summed E-state index contributed by atoms with van der Waals surface area (Å²) in [6.07, 6.45) is -0.741. The minimum absolute atomic E-state index is 0.0996. The highest BCUT2D eigenvalue weighted by Gasteiger charge is 2.07. The average molecular weight is 323 g/mol. The van der Waals surface area contributed by atoms with Gasteiger partial charge in [0.05, 0.1) is 5.02 Å². The Morgan fingerprint density at radius 2 is 1.68 bits per heavy atom. The molecule has 22 heavy (non-hydrogen) atoms. The summed E-state index contributed by atoms with van der Waals surface area (Å²) in [6.45, 7) is 1.39. The molecule has 0 radical (unpaired) electrons. The Kier molecular flexibility index (Phi) is 4.95. The van der Waals surface area contributed by atoms with Gasteiger partial charge in [0.25, 0.3) is 0 Å². The van der Waals surface area contributed by atoms with Crippen LogP contribution in [0, 0.1) is 5.82 Å². The molecule has 0 aliphatic rings. The van der Waals surface area contributed by atoms with Crippen LogP contribution in [-0.2, 0) is 4.79 Å². The highest BCUT2D eigenvalue weighted by Crippen LogP contribution is 2.20. The van der Waals surface area contributed by atoms with Crippen molar-refractivity contribution in [1.82, 2.24) is 0 Å². The molecule has 2 aromatic carbocycles. The number of amides is 2. The van der Waals surface area contributed by atoms with Crippen LogP contribution in [-0.4, -0.2) is 12.0 Å². The quantitative estimate of drug-likeness (QED) is 0.895.